The van der Waals surface area contributed by atoms with Crippen molar-refractivity contribution < 1.29 is 8.42 Å². The molecule has 0 saturated heterocycles. The molecule has 0 aliphatic heterocycles. The van der Waals surface area contributed by atoms with E-state index in [1.165, 1.54) is 10.5 Å². The summed E-state index contributed by atoms with van der Waals surface area (Å²) in [5.41, 5.74) is 1.03. The van der Waals surface area contributed by atoms with Crippen molar-refractivity contribution >= 4 is 33.4 Å². The molecule has 0 fully saturated rings. The zero-order valence-corrected chi connectivity index (χ0v) is 16.3. The SMILES string of the molecule is CCN(CC)S(=O)(=O)c1ccc(SC(C)c2ccccc2Cl)nc1. The van der Waals surface area contributed by atoms with Crippen molar-refractivity contribution in [1.82, 2.24) is 9.29 Å². The van der Waals surface area contributed by atoms with E-state index in [1.807, 2.05) is 45.0 Å². The first-order valence-corrected chi connectivity index (χ1v) is 10.5. The van der Waals surface area contributed by atoms with Crippen LogP contribution in [0, 0.1) is 0 Å². The van der Waals surface area contributed by atoms with Gasteiger partial charge in [-0.2, -0.15) is 4.31 Å². The van der Waals surface area contributed by atoms with E-state index < -0.39 is 10.0 Å². The molecule has 0 N–H and O–H groups in total. The van der Waals surface area contributed by atoms with Crippen LogP contribution in [0.2, 0.25) is 5.02 Å². The fraction of sp³-hybridized carbons (Fsp3) is 0.353. The quantitative estimate of drug-likeness (QED) is 0.653. The van der Waals surface area contributed by atoms with Crippen molar-refractivity contribution in [2.45, 2.75) is 35.9 Å². The van der Waals surface area contributed by atoms with Gasteiger partial charge in [-0.3, -0.25) is 0 Å². The van der Waals surface area contributed by atoms with Crippen LogP contribution in [0.25, 0.3) is 0 Å². The summed E-state index contributed by atoms with van der Waals surface area (Å²) in [5, 5.41) is 1.61. The second-order valence-corrected chi connectivity index (χ2v) is 8.91. The third kappa shape index (κ3) is 4.30. The summed E-state index contributed by atoms with van der Waals surface area (Å²) in [4.78, 5) is 4.53. The molecule has 0 spiro atoms. The van der Waals surface area contributed by atoms with Crippen LogP contribution >= 0.6 is 23.4 Å². The predicted molar refractivity (Wildman–Crippen MR) is 100 cm³/mol. The van der Waals surface area contributed by atoms with E-state index in [0.29, 0.717) is 13.1 Å². The molecule has 0 bridgehead atoms. The third-order valence-corrected chi connectivity index (χ3v) is 7.16. The van der Waals surface area contributed by atoms with Crippen LogP contribution in [0.5, 0.6) is 0 Å². The van der Waals surface area contributed by atoms with Gasteiger partial charge in [0.05, 0.1) is 5.03 Å². The predicted octanol–water partition coefficient (Wildman–Crippen LogP) is 4.62. The van der Waals surface area contributed by atoms with Crippen LogP contribution in [-0.4, -0.2) is 30.8 Å². The smallest absolute Gasteiger partial charge is 0.244 e. The molecule has 1 aromatic heterocycles. The summed E-state index contributed by atoms with van der Waals surface area (Å²) >= 11 is 7.76. The molecule has 0 aliphatic rings. The fourth-order valence-corrected chi connectivity index (χ4v) is 5.07. The number of rotatable bonds is 7. The van der Waals surface area contributed by atoms with E-state index in [-0.39, 0.29) is 10.1 Å². The molecule has 1 aromatic carbocycles. The number of thioether (sulfide) groups is 1. The van der Waals surface area contributed by atoms with Crippen molar-refractivity contribution in [2.24, 2.45) is 0 Å². The molecule has 2 rings (SSSR count). The zero-order chi connectivity index (χ0) is 17.7. The average Bonchev–Trinajstić information content (AvgIpc) is 2.56. The first-order chi connectivity index (χ1) is 11.4. The van der Waals surface area contributed by atoms with E-state index in [1.54, 1.807) is 23.9 Å². The minimum atomic E-state index is -3.46. The normalized spacial score (nSPS) is 13.2. The van der Waals surface area contributed by atoms with E-state index in [4.69, 9.17) is 11.6 Å². The van der Waals surface area contributed by atoms with Crippen LogP contribution < -0.4 is 0 Å². The summed E-state index contributed by atoms with van der Waals surface area (Å²) in [5.74, 6) is 0. The van der Waals surface area contributed by atoms with Gasteiger partial charge >= 0.3 is 0 Å². The topological polar surface area (TPSA) is 50.3 Å². The van der Waals surface area contributed by atoms with Crippen LogP contribution in [0.4, 0.5) is 0 Å². The highest BCUT2D eigenvalue weighted by Crippen LogP contribution is 2.37. The summed E-state index contributed by atoms with van der Waals surface area (Å²) in [7, 11) is -3.46. The number of halogens is 1. The van der Waals surface area contributed by atoms with Gasteiger partial charge in [-0.05, 0) is 30.7 Å². The number of pyridine rings is 1. The van der Waals surface area contributed by atoms with Gasteiger partial charge < -0.3 is 0 Å². The summed E-state index contributed by atoms with van der Waals surface area (Å²) in [6, 6.07) is 11.1. The van der Waals surface area contributed by atoms with Gasteiger partial charge in [-0.1, -0.05) is 55.4 Å². The minimum Gasteiger partial charge on any atom is -0.249 e. The summed E-state index contributed by atoms with van der Waals surface area (Å²) in [6.45, 7) is 6.58. The Morgan fingerprint density at radius 3 is 2.38 bits per heavy atom. The molecule has 1 unspecified atom stereocenters. The molecule has 7 heteroatoms. The molecule has 0 saturated carbocycles. The molecule has 4 nitrogen and oxygen atoms in total. The first-order valence-electron chi connectivity index (χ1n) is 7.77. The molecular formula is C17H21ClN2O2S2. The number of benzene rings is 1. The molecule has 24 heavy (non-hydrogen) atoms. The second-order valence-electron chi connectivity index (χ2n) is 5.20. The Bertz CT molecular complexity index is 775. The Labute approximate surface area is 153 Å². The lowest BCUT2D eigenvalue weighted by molar-refractivity contribution is 0.445. The van der Waals surface area contributed by atoms with Gasteiger partial charge in [0, 0.05) is 29.6 Å². The maximum Gasteiger partial charge on any atom is 0.244 e. The number of sulfonamides is 1. The molecule has 1 heterocycles. The fourth-order valence-electron chi connectivity index (χ4n) is 2.35. The Morgan fingerprint density at radius 2 is 1.83 bits per heavy atom. The van der Waals surface area contributed by atoms with Gasteiger partial charge in [0.1, 0.15) is 4.90 Å². The number of hydrogen-bond donors (Lipinski definition) is 0. The van der Waals surface area contributed by atoms with Gasteiger partial charge in [0.15, 0.2) is 0 Å². The Morgan fingerprint density at radius 1 is 1.17 bits per heavy atom. The number of hydrogen-bond acceptors (Lipinski definition) is 4. The van der Waals surface area contributed by atoms with Gasteiger partial charge in [0.2, 0.25) is 10.0 Å². The molecule has 1 atom stereocenters. The Hall–Kier alpha value is -1.08. The monoisotopic (exact) mass is 384 g/mol. The molecule has 0 aliphatic carbocycles. The van der Waals surface area contributed by atoms with Gasteiger partial charge in [-0.25, -0.2) is 13.4 Å². The van der Waals surface area contributed by atoms with E-state index in [2.05, 4.69) is 4.98 Å². The first kappa shape index (κ1) is 19.2. The van der Waals surface area contributed by atoms with Gasteiger partial charge in [0.25, 0.3) is 0 Å². The third-order valence-electron chi connectivity index (χ3n) is 3.69. The Balaban J connectivity index is 2.17. The van der Waals surface area contributed by atoms with Crippen LogP contribution in [0.1, 0.15) is 31.6 Å². The standard InChI is InChI=1S/C17H21ClN2O2S2/c1-4-20(5-2)24(21,22)14-10-11-17(19-12-14)23-13(3)15-8-6-7-9-16(15)18/h6-13H,4-5H2,1-3H3. The maximum atomic E-state index is 12.5. The van der Waals surface area contributed by atoms with Gasteiger partial charge in [-0.15, -0.1) is 0 Å². The maximum absolute atomic E-state index is 12.5. The lowest BCUT2D eigenvalue weighted by Gasteiger charge is -2.18. The largest absolute Gasteiger partial charge is 0.249 e. The molecule has 0 amide bonds. The molecule has 2 aromatic rings. The Kier molecular flexibility index (Phi) is 6.69. The van der Waals surface area contributed by atoms with Crippen molar-refractivity contribution in [2.75, 3.05) is 13.1 Å². The van der Waals surface area contributed by atoms with Crippen molar-refractivity contribution in [3.05, 3.63) is 53.2 Å². The van der Waals surface area contributed by atoms with Crippen LogP contribution in [0.15, 0.2) is 52.5 Å². The highest BCUT2D eigenvalue weighted by atomic mass is 35.5. The second kappa shape index (κ2) is 8.34. The van der Waals surface area contributed by atoms with Crippen LogP contribution in [0.3, 0.4) is 0 Å². The van der Waals surface area contributed by atoms with E-state index in [9.17, 15) is 8.42 Å². The minimum absolute atomic E-state index is 0.122. The zero-order valence-electron chi connectivity index (χ0n) is 13.9. The lowest BCUT2D eigenvalue weighted by Crippen LogP contribution is -2.30. The van der Waals surface area contributed by atoms with E-state index in [0.717, 1.165) is 15.6 Å². The van der Waals surface area contributed by atoms with Crippen LogP contribution in [-0.2, 0) is 10.0 Å². The molecule has 0 radical (unpaired) electrons. The molecule has 130 valence electrons. The highest BCUT2D eigenvalue weighted by Gasteiger charge is 2.22. The summed E-state index contributed by atoms with van der Waals surface area (Å²) in [6.07, 6.45) is 1.43. The van der Waals surface area contributed by atoms with Crippen molar-refractivity contribution in [3.8, 4) is 0 Å². The highest BCUT2D eigenvalue weighted by molar-refractivity contribution is 7.99. The average molecular weight is 385 g/mol. The van der Waals surface area contributed by atoms with Crippen molar-refractivity contribution in [3.63, 3.8) is 0 Å². The lowest BCUT2D eigenvalue weighted by atomic mass is 10.2. The summed E-state index contributed by atoms with van der Waals surface area (Å²) < 4.78 is 26.3. The van der Waals surface area contributed by atoms with E-state index >= 15 is 0 Å². The number of aromatic nitrogens is 1. The molecular weight excluding hydrogens is 364 g/mol. The number of nitrogens with zero attached hydrogens (tertiary/aromatic N) is 2. The van der Waals surface area contributed by atoms with Crippen molar-refractivity contribution in [1.29, 1.82) is 0 Å².